The molecule has 1 aromatic rings. The zero-order valence-corrected chi connectivity index (χ0v) is 12.1. The van der Waals surface area contributed by atoms with E-state index in [4.69, 9.17) is 5.73 Å². The minimum atomic E-state index is -0.104. The number of amides is 1. The van der Waals surface area contributed by atoms with Crippen molar-refractivity contribution >= 4 is 24.0 Å². The van der Waals surface area contributed by atoms with Crippen molar-refractivity contribution in [1.29, 1.82) is 0 Å². The Hall–Kier alpha value is -1.29. The van der Waals surface area contributed by atoms with Gasteiger partial charge >= 0.3 is 0 Å². The minimum absolute atomic E-state index is 0. The number of carbonyl (C=O) groups is 1. The Kier molecular flexibility index (Phi) is 6.09. The van der Waals surface area contributed by atoms with Gasteiger partial charge in [0.2, 0.25) is 0 Å². The molecular weight excluding hydrogens is 262 g/mol. The Balaban J connectivity index is 0.00000180. The lowest BCUT2D eigenvalue weighted by Gasteiger charge is -2.28. The third-order valence-electron chi connectivity index (χ3n) is 3.73. The fraction of sp³-hybridized carbons (Fsp3) is 0.571. The molecule has 0 spiro atoms. The molecule has 0 radical (unpaired) electrons. The number of nitrogens with two attached hydrogens (primary N) is 1. The fourth-order valence-corrected chi connectivity index (χ4v) is 2.57. The SMILES string of the molecule is CC(NC(=O)c1ccc(N)cn1)C1CCCCC1.Cl. The van der Waals surface area contributed by atoms with Crippen LogP contribution in [0.15, 0.2) is 18.3 Å². The summed E-state index contributed by atoms with van der Waals surface area (Å²) in [6.07, 6.45) is 7.85. The maximum Gasteiger partial charge on any atom is 0.270 e. The highest BCUT2D eigenvalue weighted by Crippen LogP contribution is 2.26. The van der Waals surface area contributed by atoms with Gasteiger partial charge in [-0.1, -0.05) is 19.3 Å². The summed E-state index contributed by atoms with van der Waals surface area (Å²) in [6.45, 7) is 2.09. The number of nitrogens with one attached hydrogen (secondary N) is 1. The zero-order chi connectivity index (χ0) is 13.0. The van der Waals surface area contributed by atoms with Crippen LogP contribution >= 0.6 is 12.4 Å². The molecule has 106 valence electrons. The van der Waals surface area contributed by atoms with E-state index in [9.17, 15) is 4.79 Å². The molecule has 2 rings (SSSR count). The van der Waals surface area contributed by atoms with Gasteiger partial charge in [-0.2, -0.15) is 0 Å². The summed E-state index contributed by atoms with van der Waals surface area (Å²) in [6, 6.07) is 3.59. The number of halogens is 1. The molecule has 1 fully saturated rings. The number of hydrogen-bond acceptors (Lipinski definition) is 3. The lowest BCUT2D eigenvalue weighted by Crippen LogP contribution is -2.39. The van der Waals surface area contributed by atoms with Gasteiger partial charge < -0.3 is 11.1 Å². The second kappa shape index (κ2) is 7.34. The molecule has 1 aromatic heterocycles. The zero-order valence-electron chi connectivity index (χ0n) is 11.3. The summed E-state index contributed by atoms with van der Waals surface area (Å²) < 4.78 is 0. The first-order chi connectivity index (χ1) is 8.66. The third kappa shape index (κ3) is 4.39. The number of nitrogen functional groups attached to an aromatic ring is 1. The Bertz CT molecular complexity index is 402. The lowest BCUT2D eigenvalue weighted by molar-refractivity contribution is 0.0914. The molecule has 1 aliphatic carbocycles. The molecule has 1 amide bonds. The maximum atomic E-state index is 12.0. The molecule has 19 heavy (non-hydrogen) atoms. The average Bonchev–Trinajstić information content (AvgIpc) is 2.40. The number of anilines is 1. The molecule has 0 saturated heterocycles. The molecule has 3 N–H and O–H groups in total. The Labute approximate surface area is 120 Å². The van der Waals surface area contributed by atoms with E-state index in [-0.39, 0.29) is 24.4 Å². The van der Waals surface area contributed by atoms with Crippen molar-refractivity contribution in [2.75, 3.05) is 5.73 Å². The molecule has 1 heterocycles. The third-order valence-corrected chi connectivity index (χ3v) is 3.73. The van der Waals surface area contributed by atoms with E-state index in [0.29, 0.717) is 17.3 Å². The van der Waals surface area contributed by atoms with Crippen molar-refractivity contribution in [1.82, 2.24) is 10.3 Å². The van der Waals surface area contributed by atoms with Crippen LogP contribution in [-0.4, -0.2) is 16.9 Å². The largest absolute Gasteiger partial charge is 0.397 e. The maximum absolute atomic E-state index is 12.0. The summed E-state index contributed by atoms with van der Waals surface area (Å²) in [7, 11) is 0. The first-order valence-corrected chi connectivity index (χ1v) is 6.69. The van der Waals surface area contributed by atoms with Crippen molar-refractivity contribution < 1.29 is 4.79 Å². The van der Waals surface area contributed by atoms with E-state index in [1.165, 1.54) is 38.3 Å². The quantitative estimate of drug-likeness (QED) is 0.896. The Morgan fingerprint density at radius 3 is 2.63 bits per heavy atom. The Morgan fingerprint density at radius 2 is 2.05 bits per heavy atom. The van der Waals surface area contributed by atoms with E-state index in [0.717, 1.165) is 0 Å². The van der Waals surface area contributed by atoms with Crippen LogP contribution in [0.25, 0.3) is 0 Å². The molecule has 1 atom stereocenters. The standard InChI is InChI=1S/C14H21N3O.ClH/c1-10(11-5-3-2-4-6-11)17-14(18)13-8-7-12(15)9-16-13;/h7-11H,2-6,15H2,1H3,(H,17,18);1H. The Morgan fingerprint density at radius 1 is 1.37 bits per heavy atom. The van der Waals surface area contributed by atoms with Crippen molar-refractivity contribution in [3.8, 4) is 0 Å². The number of nitrogens with zero attached hydrogens (tertiary/aromatic N) is 1. The van der Waals surface area contributed by atoms with Gasteiger partial charge in [0.05, 0.1) is 11.9 Å². The van der Waals surface area contributed by atoms with Crippen LogP contribution < -0.4 is 11.1 Å². The molecule has 0 bridgehead atoms. The van der Waals surface area contributed by atoms with Crippen molar-refractivity contribution in [2.24, 2.45) is 5.92 Å². The van der Waals surface area contributed by atoms with E-state index in [2.05, 4.69) is 17.2 Å². The number of pyridine rings is 1. The van der Waals surface area contributed by atoms with Gasteiger partial charge in [0.1, 0.15) is 5.69 Å². The predicted octanol–water partition coefficient (Wildman–Crippen LogP) is 2.78. The first kappa shape index (κ1) is 15.8. The summed E-state index contributed by atoms with van der Waals surface area (Å²) in [5, 5.41) is 3.04. The van der Waals surface area contributed by atoms with Gasteiger partial charge in [0.15, 0.2) is 0 Å². The number of carbonyl (C=O) groups excluding carboxylic acids is 1. The molecule has 0 aromatic carbocycles. The lowest BCUT2D eigenvalue weighted by atomic mass is 9.84. The topological polar surface area (TPSA) is 68.0 Å². The molecule has 1 aliphatic rings. The molecule has 0 aliphatic heterocycles. The summed E-state index contributed by atoms with van der Waals surface area (Å²) in [5.74, 6) is 0.504. The first-order valence-electron chi connectivity index (χ1n) is 6.69. The molecule has 4 nitrogen and oxygen atoms in total. The van der Waals surface area contributed by atoms with Gasteiger partial charge in [-0.25, -0.2) is 4.98 Å². The normalized spacial score (nSPS) is 17.3. The van der Waals surface area contributed by atoms with Gasteiger partial charge in [-0.15, -0.1) is 12.4 Å². The van der Waals surface area contributed by atoms with Gasteiger partial charge in [-0.3, -0.25) is 4.79 Å². The average molecular weight is 284 g/mol. The van der Waals surface area contributed by atoms with Crippen LogP contribution in [0.4, 0.5) is 5.69 Å². The van der Waals surface area contributed by atoms with E-state index in [1.807, 2.05) is 0 Å². The van der Waals surface area contributed by atoms with Crippen LogP contribution in [-0.2, 0) is 0 Å². The highest BCUT2D eigenvalue weighted by atomic mass is 35.5. The van der Waals surface area contributed by atoms with Crippen LogP contribution in [0.1, 0.15) is 49.5 Å². The van der Waals surface area contributed by atoms with Crippen molar-refractivity contribution in [3.05, 3.63) is 24.0 Å². The van der Waals surface area contributed by atoms with Crippen molar-refractivity contribution in [3.63, 3.8) is 0 Å². The molecular formula is C14H22ClN3O. The van der Waals surface area contributed by atoms with E-state index in [1.54, 1.807) is 12.1 Å². The van der Waals surface area contributed by atoms with Crippen LogP contribution in [0.3, 0.4) is 0 Å². The fourth-order valence-electron chi connectivity index (χ4n) is 2.57. The highest BCUT2D eigenvalue weighted by Gasteiger charge is 2.22. The summed E-state index contributed by atoms with van der Waals surface area (Å²) in [4.78, 5) is 16.0. The second-order valence-corrected chi connectivity index (χ2v) is 5.14. The van der Waals surface area contributed by atoms with Crippen molar-refractivity contribution in [2.45, 2.75) is 45.1 Å². The molecule has 5 heteroatoms. The van der Waals surface area contributed by atoms with Crippen LogP contribution in [0, 0.1) is 5.92 Å². The molecule has 1 saturated carbocycles. The van der Waals surface area contributed by atoms with Crippen LogP contribution in [0.2, 0.25) is 0 Å². The number of hydrogen-bond donors (Lipinski definition) is 2. The van der Waals surface area contributed by atoms with Gasteiger partial charge in [0, 0.05) is 6.04 Å². The second-order valence-electron chi connectivity index (χ2n) is 5.14. The number of aromatic nitrogens is 1. The van der Waals surface area contributed by atoms with Crippen LogP contribution in [0.5, 0.6) is 0 Å². The van der Waals surface area contributed by atoms with E-state index < -0.39 is 0 Å². The van der Waals surface area contributed by atoms with E-state index >= 15 is 0 Å². The smallest absolute Gasteiger partial charge is 0.270 e. The minimum Gasteiger partial charge on any atom is -0.397 e. The summed E-state index contributed by atoms with van der Waals surface area (Å²) >= 11 is 0. The highest BCUT2D eigenvalue weighted by molar-refractivity contribution is 5.92. The predicted molar refractivity (Wildman–Crippen MR) is 79.4 cm³/mol. The summed E-state index contributed by atoms with van der Waals surface area (Å²) in [5.41, 5.74) is 6.56. The number of rotatable bonds is 3. The van der Waals surface area contributed by atoms with Gasteiger partial charge in [0.25, 0.3) is 5.91 Å². The monoisotopic (exact) mass is 283 g/mol. The van der Waals surface area contributed by atoms with Gasteiger partial charge in [-0.05, 0) is 37.8 Å². The molecule has 1 unspecified atom stereocenters.